The predicted molar refractivity (Wildman–Crippen MR) is 210 cm³/mol. The van der Waals surface area contributed by atoms with Crippen LogP contribution in [0.1, 0.15) is 51.1 Å². The molecule has 1 aliphatic heterocycles. The lowest BCUT2D eigenvalue weighted by molar-refractivity contribution is 0.0412. The summed E-state index contributed by atoms with van der Waals surface area (Å²) in [4.78, 5) is 14.9. The van der Waals surface area contributed by atoms with Gasteiger partial charge in [-0.15, -0.1) is 0 Å². The fourth-order valence-electron chi connectivity index (χ4n) is 6.59. The lowest BCUT2D eigenvalue weighted by atomic mass is 9.95. The third kappa shape index (κ3) is 9.39. The van der Waals surface area contributed by atoms with Gasteiger partial charge in [-0.25, -0.2) is 0 Å². The monoisotopic (exact) mass is 780 g/mol. The first-order chi connectivity index (χ1) is 27.2. The van der Waals surface area contributed by atoms with Crippen LogP contribution in [0.15, 0.2) is 89.5 Å². The Labute approximate surface area is 330 Å². The zero-order valence-electron chi connectivity index (χ0n) is 31.1. The molecule has 1 aliphatic rings. The van der Waals surface area contributed by atoms with Crippen molar-refractivity contribution in [3.8, 4) is 40.0 Å². The summed E-state index contributed by atoms with van der Waals surface area (Å²) in [5.74, 6) is 1.32. The highest BCUT2D eigenvalue weighted by Crippen LogP contribution is 2.36. The Hall–Kier alpha value is -5.26. The van der Waals surface area contributed by atoms with E-state index in [9.17, 15) is 30.5 Å². The maximum Gasteiger partial charge on any atom is 0.276 e. The highest BCUT2D eigenvalue weighted by atomic mass is 35.5. The van der Waals surface area contributed by atoms with Gasteiger partial charge in [0.1, 0.15) is 24.7 Å². The first-order valence-electron chi connectivity index (χ1n) is 18.4. The molecule has 12 nitrogen and oxygen atoms in total. The molecule has 1 saturated heterocycles. The van der Waals surface area contributed by atoms with E-state index >= 15 is 0 Å². The molecule has 1 fully saturated rings. The second-order valence-corrected chi connectivity index (χ2v) is 14.5. The van der Waals surface area contributed by atoms with Gasteiger partial charge in [0.05, 0.1) is 42.0 Å². The van der Waals surface area contributed by atoms with Crippen LogP contribution in [-0.2, 0) is 19.8 Å². The number of nitrogens with one attached hydrogen (secondary N) is 1. The standard InChI is InChI=1S/C43H45ClN4O8/c1-28-34(9-4-10-36(28)32-7-3-8-33(16-32)40-18-38(47-56-40)42(53)48-13-11-29(22-49)12-14-48)24-55-41-19-39(54-23-31-6-2-5-30(15-31)20-45)35(17-37(41)44)21-46-43(25-50,26-51)27-52/h2-10,15-19,29,46,49-52H,11-14,21-27H2,1H3. The van der Waals surface area contributed by atoms with E-state index in [0.29, 0.717) is 46.5 Å². The summed E-state index contributed by atoms with van der Waals surface area (Å²) in [5.41, 5.74) is 5.41. The van der Waals surface area contributed by atoms with E-state index in [1.807, 2.05) is 55.5 Å². The van der Waals surface area contributed by atoms with Gasteiger partial charge in [0, 0.05) is 49.5 Å². The molecule has 5 aromatic rings. The highest BCUT2D eigenvalue weighted by Gasteiger charge is 2.28. The Morgan fingerprint density at radius 2 is 1.62 bits per heavy atom. The highest BCUT2D eigenvalue weighted by molar-refractivity contribution is 6.32. The van der Waals surface area contributed by atoms with E-state index in [2.05, 4.69) is 16.5 Å². The number of nitrogens with zero attached hydrogens (tertiary/aromatic N) is 3. The van der Waals surface area contributed by atoms with Gasteiger partial charge in [-0.1, -0.05) is 65.3 Å². The van der Waals surface area contributed by atoms with Crippen LogP contribution in [0.4, 0.5) is 0 Å². The first kappa shape index (κ1) is 40.4. The van der Waals surface area contributed by atoms with Crippen LogP contribution in [0.2, 0.25) is 5.02 Å². The molecule has 1 aromatic heterocycles. The molecule has 0 aliphatic carbocycles. The molecule has 5 N–H and O–H groups in total. The molecule has 6 rings (SSSR count). The number of ether oxygens (including phenoxy) is 2. The molecule has 0 saturated carbocycles. The van der Waals surface area contributed by atoms with Gasteiger partial charge in [-0.2, -0.15) is 5.26 Å². The van der Waals surface area contributed by atoms with Crippen molar-refractivity contribution >= 4 is 17.5 Å². The van der Waals surface area contributed by atoms with Crippen molar-refractivity contribution in [1.82, 2.24) is 15.4 Å². The van der Waals surface area contributed by atoms with Gasteiger partial charge >= 0.3 is 0 Å². The largest absolute Gasteiger partial charge is 0.488 e. The minimum Gasteiger partial charge on any atom is -0.488 e. The first-order valence-corrected chi connectivity index (χ1v) is 18.8. The summed E-state index contributed by atoms with van der Waals surface area (Å²) in [5, 5.41) is 55.7. The molecule has 56 heavy (non-hydrogen) atoms. The molecule has 4 aromatic carbocycles. The average Bonchev–Trinajstić information content (AvgIpc) is 3.74. The van der Waals surface area contributed by atoms with E-state index in [-0.39, 0.29) is 43.9 Å². The van der Waals surface area contributed by atoms with Crippen LogP contribution < -0.4 is 14.8 Å². The fraction of sp³-hybridized carbons (Fsp3) is 0.326. The third-order valence-electron chi connectivity index (χ3n) is 10.3. The van der Waals surface area contributed by atoms with E-state index in [1.54, 1.807) is 41.3 Å². The minimum absolute atomic E-state index is 0.103. The Bertz CT molecular complexity index is 2160. The quantitative estimate of drug-likeness (QED) is 0.0835. The van der Waals surface area contributed by atoms with Crippen LogP contribution in [0.5, 0.6) is 11.5 Å². The zero-order valence-corrected chi connectivity index (χ0v) is 31.8. The van der Waals surface area contributed by atoms with Gasteiger partial charge < -0.3 is 44.6 Å². The predicted octanol–water partition coefficient (Wildman–Crippen LogP) is 5.65. The van der Waals surface area contributed by atoms with Gasteiger partial charge in [-0.05, 0) is 77.8 Å². The Morgan fingerprint density at radius 3 is 2.36 bits per heavy atom. The maximum absolute atomic E-state index is 13.1. The number of amides is 1. The summed E-state index contributed by atoms with van der Waals surface area (Å²) < 4.78 is 18.2. The van der Waals surface area contributed by atoms with Crippen molar-refractivity contribution in [3.63, 3.8) is 0 Å². The number of hydrogen-bond donors (Lipinski definition) is 5. The Morgan fingerprint density at radius 1 is 0.911 bits per heavy atom. The smallest absolute Gasteiger partial charge is 0.276 e. The molecular formula is C43H45ClN4O8. The van der Waals surface area contributed by atoms with Crippen molar-refractivity contribution in [2.24, 2.45) is 5.92 Å². The van der Waals surface area contributed by atoms with E-state index in [0.717, 1.165) is 46.2 Å². The van der Waals surface area contributed by atoms with E-state index in [4.69, 9.17) is 25.6 Å². The number of piperidine rings is 1. The van der Waals surface area contributed by atoms with Gasteiger partial charge in [0.2, 0.25) is 0 Å². The Balaban J connectivity index is 1.19. The lowest BCUT2D eigenvalue weighted by Gasteiger charge is -2.30. The summed E-state index contributed by atoms with van der Waals surface area (Å²) in [6, 6.07) is 28.0. The van der Waals surface area contributed by atoms with Crippen molar-refractivity contribution in [2.45, 2.75) is 45.1 Å². The fourth-order valence-corrected chi connectivity index (χ4v) is 6.83. The number of likely N-dealkylation sites (tertiary alicyclic amines) is 1. The number of benzene rings is 4. The number of aromatic nitrogens is 1. The zero-order chi connectivity index (χ0) is 39.7. The van der Waals surface area contributed by atoms with Crippen LogP contribution in [-0.4, -0.2) is 81.4 Å². The van der Waals surface area contributed by atoms with Gasteiger partial charge in [0.25, 0.3) is 5.91 Å². The van der Waals surface area contributed by atoms with Crippen molar-refractivity contribution in [2.75, 3.05) is 39.5 Å². The number of hydrogen-bond acceptors (Lipinski definition) is 11. The molecule has 0 atom stereocenters. The number of aliphatic hydroxyl groups is 4. The number of carbonyl (C=O) groups excluding carboxylic acids is 1. The molecule has 0 spiro atoms. The van der Waals surface area contributed by atoms with Crippen molar-refractivity contribution < 1.29 is 39.2 Å². The topological polar surface area (TPSA) is 182 Å². The molecule has 1 amide bonds. The molecule has 13 heteroatoms. The second-order valence-electron chi connectivity index (χ2n) is 14.1. The van der Waals surface area contributed by atoms with Crippen LogP contribution in [0.3, 0.4) is 0 Å². The van der Waals surface area contributed by atoms with E-state index in [1.165, 1.54) is 0 Å². The average molecular weight is 781 g/mol. The summed E-state index contributed by atoms with van der Waals surface area (Å²) >= 11 is 6.76. The second kappa shape index (κ2) is 18.6. The van der Waals surface area contributed by atoms with Crippen LogP contribution in [0, 0.1) is 24.2 Å². The molecule has 0 unspecified atom stereocenters. The molecular weight excluding hydrogens is 736 g/mol. The van der Waals surface area contributed by atoms with E-state index < -0.39 is 25.4 Å². The number of halogens is 1. The molecule has 0 radical (unpaired) electrons. The number of rotatable bonds is 16. The maximum atomic E-state index is 13.1. The SMILES string of the molecule is Cc1c(COc2cc(OCc3cccc(C#N)c3)c(CNC(CO)(CO)CO)cc2Cl)cccc1-c1cccc(-c2cc(C(=O)N3CCC(CO)CC3)no2)c1. The summed E-state index contributed by atoms with van der Waals surface area (Å²) in [7, 11) is 0. The lowest BCUT2D eigenvalue weighted by Crippen LogP contribution is -2.54. The molecule has 292 valence electrons. The van der Waals surface area contributed by atoms with Crippen LogP contribution >= 0.6 is 11.6 Å². The minimum atomic E-state index is -1.32. The number of carbonyl (C=O) groups is 1. The van der Waals surface area contributed by atoms with Gasteiger partial charge in [-0.3, -0.25) is 4.79 Å². The van der Waals surface area contributed by atoms with Gasteiger partial charge in [0.15, 0.2) is 11.5 Å². The normalized spacial score (nSPS) is 13.4. The third-order valence-corrected chi connectivity index (χ3v) is 10.6. The summed E-state index contributed by atoms with van der Waals surface area (Å²) in [6.45, 7) is 2.25. The van der Waals surface area contributed by atoms with Crippen LogP contribution in [0.25, 0.3) is 22.5 Å². The Kier molecular flexibility index (Phi) is 13.4. The molecule has 2 heterocycles. The summed E-state index contributed by atoms with van der Waals surface area (Å²) in [6.07, 6.45) is 1.52. The van der Waals surface area contributed by atoms with Crippen molar-refractivity contribution in [3.05, 3.63) is 123 Å². The number of nitriles is 1. The number of aliphatic hydroxyl groups excluding tert-OH is 4. The van der Waals surface area contributed by atoms with Crippen molar-refractivity contribution in [1.29, 1.82) is 5.26 Å². The molecule has 0 bridgehead atoms.